The first-order valence-electron chi connectivity index (χ1n) is 6.50. The van der Waals surface area contributed by atoms with E-state index >= 15 is 0 Å². The van der Waals surface area contributed by atoms with Gasteiger partial charge in [0.05, 0.1) is 0 Å². The second-order valence-corrected chi connectivity index (χ2v) is 5.87. The molecule has 0 amide bonds. The van der Waals surface area contributed by atoms with Gasteiger partial charge < -0.3 is 15.8 Å². The fourth-order valence-corrected chi connectivity index (χ4v) is 3.13. The molecule has 1 aliphatic rings. The predicted molar refractivity (Wildman–Crippen MR) is 78.9 cm³/mol. The van der Waals surface area contributed by atoms with E-state index in [1.165, 1.54) is 5.56 Å². The lowest BCUT2D eigenvalue weighted by atomic mass is 9.91. The van der Waals surface area contributed by atoms with Gasteiger partial charge in [-0.05, 0) is 49.4 Å². The summed E-state index contributed by atoms with van der Waals surface area (Å²) in [5.41, 5.74) is 8.30. The van der Waals surface area contributed by atoms with Crippen molar-refractivity contribution in [1.29, 1.82) is 0 Å². The highest BCUT2D eigenvalue weighted by molar-refractivity contribution is 9.10. The molecule has 100 valence electrons. The Bertz CT molecular complexity index is 371. The van der Waals surface area contributed by atoms with Crippen molar-refractivity contribution in [3.05, 3.63) is 28.2 Å². The highest BCUT2D eigenvalue weighted by Crippen LogP contribution is 2.24. The summed E-state index contributed by atoms with van der Waals surface area (Å²) in [6.07, 6.45) is 2.20. The Morgan fingerprint density at radius 2 is 2.11 bits per heavy atom. The molecule has 0 aromatic heterocycles. The van der Waals surface area contributed by atoms with Gasteiger partial charge in [0.2, 0.25) is 0 Å². The molecular formula is C14H21BrN2O. The van der Waals surface area contributed by atoms with Crippen molar-refractivity contribution in [2.45, 2.75) is 25.8 Å². The van der Waals surface area contributed by atoms with Crippen LogP contribution in [0.1, 0.15) is 18.4 Å². The number of anilines is 1. The molecule has 3 nitrogen and oxygen atoms in total. The number of halogens is 1. The summed E-state index contributed by atoms with van der Waals surface area (Å²) in [5, 5.41) is 3.57. The van der Waals surface area contributed by atoms with E-state index in [2.05, 4.69) is 46.4 Å². The van der Waals surface area contributed by atoms with Crippen LogP contribution in [0.3, 0.4) is 0 Å². The average molecular weight is 313 g/mol. The first-order valence-corrected chi connectivity index (χ1v) is 7.30. The molecule has 1 aromatic carbocycles. The molecule has 2 rings (SSSR count). The first-order chi connectivity index (χ1) is 8.69. The SMILES string of the molecule is Cc1cc(Br)cc(NC(CN)C2CCOCC2)c1. The van der Waals surface area contributed by atoms with Crippen molar-refractivity contribution in [2.24, 2.45) is 11.7 Å². The van der Waals surface area contributed by atoms with Crippen LogP contribution >= 0.6 is 15.9 Å². The topological polar surface area (TPSA) is 47.3 Å². The quantitative estimate of drug-likeness (QED) is 0.898. The van der Waals surface area contributed by atoms with E-state index in [1.807, 2.05) is 0 Å². The van der Waals surface area contributed by atoms with Gasteiger partial charge in [-0.2, -0.15) is 0 Å². The van der Waals surface area contributed by atoms with Gasteiger partial charge in [-0.3, -0.25) is 0 Å². The van der Waals surface area contributed by atoms with Gasteiger partial charge in [0.25, 0.3) is 0 Å². The number of aryl methyl sites for hydroxylation is 1. The molecule has 1 fully saturated rings. The number of nitrogens with two attached hydrogens (primary N) is 1. The standard InChI is InChI=1S/C14H21BrN2O/c1-10-6-12(15)8-13(7-10)17-14(9-16)11-2-4-18-5-3-11/h6-8,11,14,17H,2-5,9,16H2,1H3. The summed E-state index contributed by atoms with van der Waals surface area (Å²) in [4.78, 5) is 0. The molecule has 0 saturated carbocycles. The van der Waals surface area contributed by atoms with Gasteiger partial charge in [0.15, 0.2) is 0 Å². The van der Waals surface area contributed by atoms with Crippen LogP contribution in [0.15, 0.2) is 22.7 Å². The van der Waals surface area contributed by atoms with Crippen molar-refractivity contribution in [3.63, 3.8) is 0 Å². The van der Waals surface area contributed by atoms with E-state index < -0.39 is 0 Å². The van der Waals surface area contributed by atoms with E-state index in [9.17, 15) is 0 Å². The zero-order chi connectivity index (χ0) is 13.0. The molecule has 18 heavy (non-hydrogen) atoms. The lowest BCUT2D eigenvalue weighted by molar-refractivity contribution is 0.0613. The Kier molecular flexibility index (Phi) is 5.03. The van der Waals surface area contributed by atoms with Crippen LogP contribution in [-0.2, 0) is 4.74 Å². The lowest BCUT2D eigenvalue weighted by Gasteiger charge is -2.31. The summed E-state index contributed by atoms with van der Waals surface area (Å²) in [6, 6.07) is 6.71. The van der Waals surface area contributed by atoms with Crippen LogP contribution in [0, 0.1) is 12.8 Å². The van der Waals surface area contributed by atoms with Crippen LogP contribution in [0.25, 0.3) is 0 Å². The molecular weight excluding hydrogens is 292 g/mol. The maximum absolute atomic E-state index is 5.91. The third-order valence-electron chi connectivity index (χ3n) is 3.48. The van der Waals surface area contributed by atoms with Crippen molar-refractivity contribution in [2.75, 3.05) is 25.1 Å². The van der Waals surface area contributed by atoms with Crippen molar-refractivity contribution >= 4 is 21.6 Å². The van der Waals surface area contributed by atoms with Crippen LogP contribution in [0.5, 0.6) is 0 Å². The Hall–Kier alpha value is -0.580. The van der Waals surface area contributed by atoms with E-state index in [0.29, 0.717) is 18.5 Å². The summed E-state index contributed by atoms with van der Waals surface area (Å²) < 4.78 is 6.51. The highest BCUT2D eigenvalue weighted by Gasteiger charge is 2.22. The van der Waals surface area contributed by atoms with Crippen molar-refractivity contribution < 1.29 is 4.74 Å². The zero-order valence-electron chi connectivity index (χ0n) is 10.8. The maximum atomic E-state index is 5.91. The molecule has 1 aromatic rings. The number of benzene rings is 1. The van der Waals surface area contributed by atoms with Gasteiger partial charge in [-0.25, -0.2) is 0 Å². The van der Waals surface area contributed by atoms with E-state index in [1.54, 1.807) is 0 Å². The van der Waals surface area contributed by atoms with Gasteiger partial charge in [0, 0.05) is 36.0 Å². The number of rotatable bonds is 4. The normalized spacial score (nSPS) is 18.6. The van der Waals surface area contributed by atoms with Gasteiger partial charge >= 0.3 is 0 Å². The van der Waals surface area contributed by atoms with Crippen LogP contribution in [0.4, 0.5) is 5.69 Å². The largest absolute Gasteiger partial charge is 0.381 e. The van der Waals surface area contributed by atoms with Gasteiger partial charge in [0.1, 0.15) is 0 Å². The summed E-state index contributed by atoms with van der Waals surface area (Å²) in [7, 11) is 0. The highest BCUT2D eigenvalue weighted by atomic mass is 79.9. The molecule has 4 heteroatoms. The predicted octanol–water partition coefficient (Wildman–Crippen LogP) is 2.92. The van der Waals surface area contributed by atoms with Gasteiger partial charge in [-0.15, -0.1) is 0 Å². The third kappa shape index (κ3) is 3.70. The molecule has 1 heterocycles. The minimum atomic E-state index is 0.336. The number of hydrogen-bond acceptors (Lipinski definition) is 3. The number of hydrogen-bond donors (Lipinski definition) is 2. The summed E-state index contributed by atoms with van der Waals surface area (Å²) in [5.74, 6) is 0.614. The Morgan fingerprint density at radius 3 is 2.72 bits per heavy atom. The fourth-order valence-electron chi connectivity index (χ4n) is 2.52. The molecule has 3 N–H and O–H groups in total. The molecule has 1 saturated heterocycles. The van der Waals surface area contributed by atoms with Crippen molar-refractivity contribution in [1.82, 2.24) is 0 Å². The molecule has 1 aliphatic heterocycles. The Labute approximate surface area is 117 Å². The second kappa shape index (κ2) is 6.55. The lowest BCUT2D eigenvalue weighted by Crippen LogP contribution is -2.39. The minimum Gasteiger partial charge on any atom is -0.381 e. The van der Waals surface area contributed by atoms with E-state index in [0.717, 1.165) is 36.2 Å². The van der Waals surface area contributed by atoms with E-state index in [4.69, 9.17) is 10.5 Å². The minimum absolute atomic E-state index is 0.336. The monoisotopic (exact) mass is 312 g/mol. The smallest absolute Gasteiger partial charge is 0.0469 e. The van der Waals surface area contributed by atoms with Crippen LogP contribution in [0.2, 0.25) is 0 Å². The zero-order valence-corrected chi connectivity index (χ0v) is 12.4. The molecule has 1 unspecified atom stereocenters. The fraction of sp³-hybridized carbons (Fsp3) is 0.571. The average Bonchev–Trinajstić information content (AvgIpc) is 2.36. The number of ether oxygens (including phenoxy) is 1. The first kappa shape index (κ1) is 13.8. The molecule has 0 radical (unpaired) electrons. The molecule has 0 bridgehead atoms. The number of nitrogens with one attached hydrogen (secondary N) is 1. The molecule has 0 spiro atoms. The second-order valence-electron chi connectivity index (χ2n) is 4.95. The van der Waals surface area contributed by atoms with E-state index in [-0.39, 0.29) is 0 Å². The summed E-state index contributed by atoms with van der Waals surface area (Å²) >= 11 is 3.53. The maximum Gasteiger partial charge on any atom is 0.0469 e. The van der Waals surface area contributed by atoms with Gasteiger partial charge in [-0.1, -0.05) is 15.9 Å². The molecule has 0 aliphatic carbocycles. The van der Waals surface area contributed by atoms with Crippen LogP contribution in [-0.4, -0.2) is 25.8 Å². The Morgan fingerprint density at radius 1 is 1.39 bits per heavy atom. The van der Waals surface area contributed by atoms with Crippen LogP contribution < -0.4 is 11.1 Å². The third-order valence-corrected chi connectivity index (χ3v) is 3.94. The van der Waals surface area contributed by atoms with Crippen molar-refractivity contribution in [3.8, 4) is 0 Å². The summed E-state index contributed by atoms with van der Waals surface area (Å²) in [6.45, 7) is 4.48. The molecule has 1 atom stereocenters. The Balaban J connectivity index is 2.04.